The summed E-state index contributed by atoms with van der Waals surface area (Å²) in [5, 5.41) is 11.9. The first-order valence-corrected chi connectivity index (χ1v) is 5.12. The number of aliphatic hydroxyl groups is 1. The van der Waals surface area contributed by atoms with Gasteiger partial charge in [0.1, 0.15) is 0 Å². The number of rotatable bonds is 2. The van der Waals surface area contributed by atoms with Crippen LogP contribution < -0.4 is 5.73 Å². The van der Waals surface area contributed by atoms with Gasteiger partial charge in [-0.3, -0.25) is 0 Å². The van der Waals surface area contributed by atoms with Crippen LogP contribution in [0, 0.1) is 0 Å². The molecule has 1 aliphatic rings. The van der Waals surface area contributed by atoms with E-state index in [2.05, 4.69) is 0 Å². The van der Waals surface area contributed by atoms with Gasteiger partial charge in [-0.2, -0.15) is 0 Å². The maximum Gasteiger partial charge on any atom is 0.0847 e. The molecule has 0 amide bonds. The third-order valence-electron chi connectivity index (χ3n) is 2.65. The topological polar surface area (TPSA) is 46.2 Å². The van der Waals surface area contributed by atoms with Crippen LogP contribution in [-0.4, -0.2) is 10.7 Å². The van der Waals surface area contributed by atoms with E-state index in [0.717, 1.165) is 24.1 Å². The zero-order valence-corrected chi connectivity index (χ0v) is 7.68. The molecule has 0 aliphatic heterocycles. The quantitative estimate of drug-likeness (QED) is 0.732. The fourth-order valence-corrected chi connectivity index (χ4v) is 2.42. The average Bonchev–Trinajstić information content (AvgIpc) is 2.50. The fraction of sp³-hybridized carbons (Fsp3) is 0.556. The van der Waals surface area contributed by atoms with Crippen LogP contribution in [0.25, 0.3) is 0 Å². The zero-order valence-electron chi connectivity index (χ0n) is 6.86. The standard InChI is InChI=1S/C9H13NOS/c10-8(7-3-1-6-12-7)9(11)4-2-5-9/h1,3,6,8,11H,2,4-5,10H2. The lowest BCUT2D eigenvalue weighted by molar-refractivity contribution is -0.0551. The van der Waals surface area contributed by atoms with Crippen molar-refractivity contribution in [2.45, 2.75) is 30.9 Å². The van der Waals surface area contributed by atoms with Crippen LogP contribution in [0.3, 0.4) is 0 Å². The summed E-state index contributed by atoms with van der Waals surface area (Å²) in [5.41, 5.74) is 5.33. The lowest BCUT2D eigenvalue weighted by Crippen LogP contribution is -2.46. The van der Waals surface area contributed by atoms with E-state index < -0.39 is 5.60 Å². The summed E-state index contributed by atoms with van der Waals surface area (Å²) in [6.45, 7) is 0. The lowest BCUT2D eigenvalue weighted by Gasteiger charge is -2.41. The predicted octanol–water partition coefficient (Wildman–Crippen LogP) is 1.66. The molecule has 1 saturated carbocycles. The number of thiophene rings is 1. The van der Waals surface area contributed by atoms with Crippen LogP contribution in [0.4, 0.5) is 0 Å². The maximum absolute atomic E-state index is 9.93. The van der Waals surface area contributed by atoms with Crippen molar-refractivity contribution in [3.8, 4) is 0 Å². The van der Waals surface area contributed by atoms with Crippen LogP contribution in [-0.2, 0) is 0 Å². The molecule has 0 saturated heterocycles. The second-order valence-corrected chi connectivity index (χ2v) is 4.43. The Morgan fingerprint density at radius 2 is 2.33 bits per heavy atom. The molecule has 3 N–H and O–H groups in total. The molecule has 3 heteroatoms. The highest BCUT2D eigenvalue weighted by atomic mass is 32.1. The highest BCUT2D eigenvalue weighted by Gasteiger charge is 2.41. The predicted molar refractivity (Wildman–Crippen MR) is 50.0 cm³/mol. The van der Waals surface area contributed by atoms with Gasteiger partial charge in [-0.1, -0.05) is 6.07 Å². The van der Waals surface area contributed by atoms with Gasteiger partial charge in [0, 0.05) is 4.88 Å². The largest absolute Gasteiger partial charge is 0.388 e. The van der Waals surface area contributed by atoms with Gasteiger partial charge in [-0.05, 0) is 30.7 Å². The van der Waals surface area contributed by atoms with Crippen LogP contribution >= 0.6 is 11.3 Å². The van der Waals surface area contributed by atoms with Crippen LogP contribution in [0.15, 0.2) is 17.5 Å². The van der Waals surface area contributed by atoms with E-state index in [1.165, 1.54) is 0 Å². The molecule has 66 valence electrons. The van der Waals surface area contributed by atoms with Crippen LogP contribution in [0.5, 0.6) is 0 Å². The molecule has 0 aromatic carbocycles. The molecule has 1 heterocycles. The Hall–Kier alpha value is -0.380. The first-order chi connectivity index (χ1) is 5.72. The molecule has 0 bridgehead atoms. The molecule has 0 spiro atoms. The van der Waals surface area contributed by atoms with E-state index >= 15 is 0 Å². The summed E-state index contributed by atoms with van der Waals surface area (Å²) in [5.74, 6) is 0. The first kappa shape index (κ1) is 8.23. The first-order valence-electron chi connectivity index (χ1n) is 4.24. The molecule has 1 fully saturated rings. The molecule has 1 unspecified atom stereocenters. The second kappa shape index (κ2) is 2.83. The van der Waals surface area contributed by atoms with Gasteiger partial charge in [-0.25, -0.2) is 0 Å². The number of hydrogen-bond acceptors (Lipinski definition) is 3. The summed E-state index contributed by atoms with van der Waals surface area (Å²) in [7, 11) is 0. The van der Waals surface area contributed by atoms with Crippen LogP contribution in [0.2, 0.25) is 0 Å². The van der Waals surface area contributed by atoms with E-state index in [-0.39, 0.29) is 6.04 Å². The van der Waals surface area contributed by atoms with Crippen molar-refractivity contribution in [2.75, 3.05) is 0 Å². The van der Waals surface area contributed by atoms with Gasteiger partial charge < -0.3 is 10.8 Å². The van der Waals surface area contributed by atoms with Gasteiger partial charge in [0.25, 0.3) is 0 Å². The Balaban J connectivity index is 2.14. The Labute approximate surface area is 76.0 Å². The summed E-state index contributed by atoms with van der Waals surface area (Å²) < 4.78 is 0. The highest BCUT2D eigenvalue weighted by Crippen LogP contribution is 2.41. The van der Waals surface area contributed by atoms with Gasteiger partial charge in [0.15, 0.2) is 0 Å². The van der Waals surface area contributed by atoms with Gasteiger partial charge in [0.05, 0.1) is 11.6 Å². The van der Waals surface area contributed by atoms with E-state index in [1.54, 1.807) is 11.3 Å². The van der Waals surface area contributed by atoms with Gasteiger partial charge in [-0.15, -0.1) is 11.3 Å². The molecule has 1 atom stereocenters. The monoisotopic (exact) mass is 183 g/mol. The highest BCUT2D eigenvalue weighted by molar-refractivity contribution is 7.10. The van der Waals surface area contributed by atoms with Crippen molar-refractivity contribution in [3.63, 3.8) is 0 Å². The van der Waals surface area contributed by atoms with Gasteiger partial charge >= 0.3 is 0 Å². The normalized spacial score (nSPS) is 23.2. The van der Waals surface area contributed by atoms with Crippen molar-refractivity contribution < 1.29 is 5.11 Å². The van der Waals surface area contributed by atoms with Crippen molar-refractivity contribution in [1.29, 1.82) is 0 Å². The Morgan fingerprint density at radius 3 is 2.75 bits per heavy atom. The molecule has 1 aliphatic carbocycles. The minimum atomic E-state index is -0.606. The lowest BCUT2D eigenvalue weighted by atomic mass is 9.74. The van der Waals surface area contributed by atoms with E-state index in [9.17, 15) is 5.11 Å². The summed E-state index contributed by atoms with van der Waals surface area (Å²) >= 11 is 1.62. The van der Waals surface area contributed by atoms with E-state index in [1.807, 2.05) is 17.5 Å². The Bertz CT molecular complexity index is 254. The summed E-state index contributed by atoms with van der Waals surface area (Å²) in [6, 6.07) is 3.79. The average molecular weight is 183 g/mol. The molecule has 1 aromatic rings. The maximum atomic E-state index is 9.93. The van der Waals surface area contributed by atoms with Crippen molar-refractivity contribution in [3.05, 3.63) is 22.4 Å². The summed E-state index contributed by atoms with van der Waals surface area (Å²) in [4.78, 5) is 1.09. The molecule has 1 aromatic heterocycles. The molecule has 0 radical (unpaired) electrons. The minimum Gasteiger partial charge on any atom is -0.388 e. The number of nitrogens with two attached hydrogens (primary N) is 1. The molecule has 2 nitrogen and oxygen atoms in total. The molecule has 2 rings (SSSR count). The minimum absolute atomic E-state index is 0.175. The molecular formula is C9H13NOS. The third-order valence-corrected chi connectivity index (χ3v) is 3.60. The van der Waals surface area contributed by atoms with Crippen LogP contribution in [0.1, 0.15) is 30.2 Å². The summed E-state index contributed by atoms with van der Waals surface area (Å²) in [6.07, 6.45) is 2.81. The molecular weight excluding hydrogens is 170 g/mol. The van der Waals surface area contributed by atoms with Crippen molar-refractivity contribution >= 4 is 11.3 Å². The van der Waals surface area contributed by atoms with Crippen molar-refractivity contribution in [1.82, 2.24) is 0 Å². The van der Waals surface area contributed by atoms with E-state index in [0.29, 0.717) is 0 Å². The number of hydrogen-bond donors (Lipinski definition) is 2. The van der Waals surface area contributed by atoms with Gasteiger partial charge in [0.2, 0.25) is 0 Å². The van der Waals surface area contributed by atoms with E-state index in [4.69, 9.17) is 5.73 Å². The SMILES string of the molecule is NC(c1cccs1)C1(O)CCC1. The Kier molecular flexibility index (Phi) is 1.94. The Morgan fingerprint density at radius 1 is 1.58 bits per heavy atom. The third kappa shape index (κ3) is 1.18. The second-order valence-electron chi connectivity index (χ2n) is 3.45. The van der Waals surface area contributed by atoms with Crippen molar-refractivity contribution in [2.24, 2.45) is 5.73 Å². The fourth-order valence-electron chi connectivity index (χ4n) is 1.58. The molecule has 12 heavy (non-hydrogen) atoms. The smallest absolute Gasteiger partial charge is 0.0847 e. The zero-order chi connectivity index (χ0) is 8.60.